The SMILES string of the molecule is O=C(CC1CSCCN1)OC1CCC1. The quantitative estimate of drug-likeness (QED) is 0.717. The van der Waals surface area contributed by atoms with Crippen molar-refractivity contribution >= 4 is 17.7 Å². The maximum Gasteiger partial charge on any atom is 0.307 e. The molecule has 2 fully saturated rings. The molecule has 1 atom stereocenters. The summed E-state index contributed by atoms with van der Waals surface area (Å²) in [6, 6.07) is 0.335. The monoisotopic (exact) mass is 215 g/mol. The van der Waals surface area contributed by atoms with Gasteiger partial charge >= 0.3 is 5.97 Å². The third kappa shape index (κ3) is 2.89. The highest BCUT2D eigenvalue weighted by Crippen LogP contribution is 2.22. The summed E-state index contributed by atoms with van der Waals surface area (Å²) < 4.78 is 5.30. The van der Waals surface area contributed by atoms with Crippen LogP contribution in [0.1, 0.15) is 25.7 Å². The third-order valence-electron chi connectivity index (χ3n) is 2.76. The van der Waals surface area contributed by atoms with E-state index in [1.54, 1.807) is 0 Å². The molecule has 0 radical (unpaired) electrons. The molecular weight excluding hydrogens is 198 g/mol. The van der Waals surface area contributed by atoms with E-state index in [0.29, 0.717) is 12.5 Å². The van der Waals surface area contributed by atoms with Crippen LogP contribution in [-0.4, -0.2) is 36.2 Å². The number of carbonyl (C=O) groups excluding carboxylic acids is 1. The molecule has 0 amide bonds. The molecule has 0 aromatic rings. The predicted molar refractivity (Wildman–Crippen MR) is 57.5 cm³/mol. The summed E-state index contributed by atoms with van der Waals surface area (Å²) in [6.07, 6.45) is 4.13. The molecule has 3 nitrogen and oxygen atoms in total. The number of hydrogen-bond acceptors (Lipinski definition) is 4. The first-order valence-corrected chi connectivity index (χ1v) is 6.50. The molecule has 1 saturated carbocycles. The van der Waals surface area contributed by atoms with Crippen molar-refractivity contribution in [2.45, 2.75) is 37.8 Å². The number of nitrogens with one attached hydrogen (secondary N) is 1. The minimum Gasteiger partial charge on any atom is -0.462 e. The number of carbonyl (C=O) groups is 1. The lowest BCUT2D eigenvalue weighted by molar-refractivity contribution is -0.153. The third-order valence-corrected chi connectivity index (χ3v) is 3.89. The topological polar surface area (TPSA) is 38.3 Å². The Morgan fingerprint density at radius 3 is 2.93 bits per heavy atom. The summed E-state index contributed by atoms with van der Waals surface area (Å²) in [7, 11) is 0. The van der Waals surface area contributed by atoms with E-state index in [1.165, 1.54) is 6.42 Å². The Morgan fingerprint density at radius 1 is 1.50 bits per heavy atom. The molecule has 2 rings (SSSR count). The van der Waals surface area contributed by atoms with Gasteiger partial charge in [0.15, 0.2) is 0 Å². The standard InChI is InChI=1S/C10H17NO2S/c12-10(13-9-2-1-3-9)6-8-7-14-5-4-11-8/h8-9,11H,1-7H2. The minimum atomic E-state index is -0.0188. The number of rotatable bonds is 3. The molecular formula is C10H17NO2S. The van der Waals surface area contributed by atoms with E-state index in [9.17, 15) is 4.79 Å². The molecule has 1 aliphatic heterocycles. The molecule has 1 aliphatic carbocycles. The maximum atomic E-state index is 11.4. The summed E-state index contributed by atoms with van der Waals surface area (Å²) in [6.45, 7) is 1.02. The molecule has 0 aromatic heterocycles. The van der Waals surface area contributed by atoms with Crippen LogP contribution < -0.4 is 5.32 Å². The van der Waals surface area contributed by atoms with Gasteiger partial charge in [-0.25, -0.2) is 0 Å². The van der Waals surface area contributed by atoms with Crippen LogP contribution >= 0.6 is 11.8 Å². The molecule has 1 unspecified atom stereocenters. The molecule has 1 saturated heterocycles. The first-order valence-electron chi connectivity index (χ1n) is 5.35. The second kappa shape index (κ2) is 5.03. The zero-order valence-electron chi connectivity index (χ0n) is 8.33. The second-order valence-electron chi connectivity index (χ2n) is 3.97. The average molecular weight is 215 g/mol. The lowest BCUT2D eigenvalue weighted by Crippen LogP contribution is -2.40. The Labute approximate surface area is 89.0 Å². The van der Waals surface area contributed by atoms with Gasteiger partial charge in [-0.1, -0.05) is 0 Å². The van der Waals surface area contributed by atoms with Crippen LogP contribution in [0.4, 0.5) is 0 Å². The van der Waals surface area contributed by atoms with Crippen molar-refractivity contribution in [2.75, 3.05) is 18.1 Å². The summed E-state index contributed by atoms with van der Waals surface area (Å²) in [4.78, 5) is 11.4. The van der Waals surface area contributed by atoms with E-state index in [-0.39, 0.29) is 12.1 Å². The zero-order chi connectivity index (χ0) is 9.80. The van der Waals surface area contributed by atoms with Crippen LogP contribution in [0.5, 0.6) is 0 Å². The van der Waals surface area contributed by atoms with Crippen LogP contribution in [-0.2, 0) is 9.53 Å². The van der Waals surface area contributed by atoms with Crippen LogP contribution in [0.25, 0.3) is 0 Å². The average Bonchev–Trinajstić information content (AvgIpc) is 2.13. The van der Waals surface area contributed by atoms with Gasteiger partial charge in [0.1, 0.15) is 6.10 Å². The summed E-state index contributed by atoms with van der Waals surface area (Å²) in [5.74, 6) is 2.18. The van der Waals surface area contributed by atoms with Crippen molar-refractivity contribution in [1.82, 2.24) is 5.32 Å². The first kappa shape index (κ1) is 10.3. The van der Waals surface area contributed by atoms with Gasteiger partial charge in [0.2, 0.25) is 0 Å². The fourth-order valence-electron chi connectivity index (χ4n) is 1.67. The normalized spacial score (nSPS) is 28.1. The second-order valence-corrected chi connectivity index (χ2v) is 5.12. The molecule has 1 N–H and O–H groups in total. The number of ether oxygens (including phenoxy) is 1. The molecule has 0 spiro atoms. The van der Waals surface area contributed by atoms with Crippen LogP contribution in [0.3, 0.4) is 0 Å². The van der Waals surface area contributed by atoms with Crippen LogP contribution in [0.2, 0.25) is 0 Å². The van der Waals surface area contributed by atoms with E-state index in [0.717, 1.165) is 30.9 Å². The van der Waals surface area contributed by atoms with Gasteiger partial charge in [-0.2, -0.15) is 11.8 Å². The van der Waals surface area contributed by atoms with E-state index < -0.39 is 0 Å². The highest BCUT2D eigenvalue weighted by Gasteiger charge is 2.24. The maximum absolute atomic E-state index is 11.4. The Balaban J connectivity index is 1.64. The van der Waals surface area contributed by atoms with Gasteiger partial charge < -0.3 is 10.1 Å². The number of thioether (sulfide) groups is 1. The van der Waals surface area contributed by atoms with Crippen molar-refractivity contribution in [3.05, 3.63) is 0 Å². The fraction of sp³-hybridized carbons (Fsp3) is 0.900. The summed E-state index contributed by atoms with van der Waals surface area (Å²) >= 11 is 1.91. The Kier molecular flexibility index (Phi) is 3.70. The Morgan fingerprint density at radius 2 is 2.36 bits per heavy atom. The van der Waals surface area contributed by atoms with Crippen LogP contribution in [0.15, 0.2) is 0 Å². The fourth-order valence-corrected chi connectivity index (χ4v) is 2.62. The molecule has 80 valence electrons. The van der Waals surface area contributed by atoms with Gasteiger partial charge in [-0.3, -0.25) is 4.79 Å². The van der Waals surface area contributed by atoms with Crippen molar-refractivity contribution in [1.29, 1.82) is 0 Å². The van der Waals surface area contributed by atoms with Crippen molar-refractivity contribution in [3.63, 3.8) is 0 Å². The van der Waals surface area contributed by atoms with Crippen LogP contribution in [0, 0.1) is 0 Å². The predicted octanol–water partition coefficient (Wildman–Crippen LogP) is 1.18. The molecule has 14 heavy (non-hydrogen) atoms. The van der Waals surface area contributed by atoms with Crippen molar-refractivity contribution in [2.24, 2.45) is 0 Å². The minimum absolute atomic E-state index is 0.0188. The molecule has 4 heteroatoms. The molecule has 0 aromatic carbocycles. The smallest absolute Gasteiger partial charge is 0.307 e. The largest absolute Gasteiger partial charge is 0.462 e. The van der Waals surface area contributed by atoms with Gasteiger partial charge in [0.25, 0.3) is 0 Å². The molecule has 0 bridgehead atoms. The lowest BCUT2D eigenvalue weighted by atomic mass is 9.96. The highest BCUT2D eigenvalue weighted by atomic mass is 32.2. The van der Waals surface area contributed by atoms with E-state index in [2.05, 4.69) is 5.32 Å². The first-order chi connectivity index (χ1) is 6.84. The Hall–Kier alpha value is -0.220. The summed E-state index contributed by atoms with van der Waals surface area (Å²) in [5, 5.41) is 3.34. The van der Waals surface area contributed by atoms with Crippen molar-refractivity contribution in [3.8, 4) is 0 Å². The summed E-state index contributed by atoms with van der Waals surface area (Å²) in [5.41, 5.74) is 0. The van der Waals surface area contributed by atoms with E-state index >= 15 is 0 Å². The number of hydrogen-bond donors (Lipinski definition) is 1. The number of esters is 1. The lowest BCUT2D eigenvalue weighted by Gasteiger charge is -2.27. The zero-order valence-corrected chi connectivity index (χ0v) is 9.15. The van der Waals surface area contributed by atoms with Gasteiger partial charge in [0, 0.05) is 24.1 Å². The molecule has 1 heterocycles. The van der Waals surface area contributed by atoms with E-state index in [4.69, 9.17) is 4.74 Å². The highest BCUT2D eigenvalue weighted by molar-refractivity contribution is 7.99. The van der Waals surface area contributed by atoms with E-state index in [1.807, 2.05) is 11.8 Å². The van der Waals surface area contributed by atoms with Gasteiger partial charge in [-0.15, -0.1) is 0 Å². The van der Waals surface area contributed by atoms with Gasteiger partial charge in [0.05, 0.1) is 6.42 Å². The Bertz CT molecular complexity index is 200. The van der Waals surface area contributed by atoms with Gasteiger partial charge in [-0.05, 0) is 19.3 Å². The molecule has 2 aliphatic rings. The van der Waals surface area contributed by atoms with Crippen molar-refractivity contribution < 1.29 is 9.53 Å².